The average molecular weight is 328 g/mol. The molecule has 1 amide bonds. The molecule has 0 fully saturated rings. The number of aromatic nitrogens is 2. The molecule has 0 aliphatic heterocycles. The van der Waals surface area contributed by atoms with E-state index in [1.807, 2.05) is 35.9 Å². The Morgan fingerprint density at radius 2 is 2.04 bits per heavy atom. The number of fused-ring (bicyclic) bond motifs is 1. The van der Waals surface area contributed by atoms with E-state index in [2.05, 4.69) is 9.98 Å². The fourth-order valence-corrected chi connectivity index (χ4v) is 2.60. The summed E-state index contributed by atoms with van der Waals surface area (Å²) in [5.41, 5.74) is 13.4. The van der Waals surface area contributed by atoms with Crippen molar-refractivity contribution in [3.63, 3.8) is 0 Å². The van der Waals surface area contributed by atoms with Gasteiger partial charge in [0.25, 0.3) is 5.91 Å². The summed E-state index contributed by atoms with van der Waals surface area (Å²) in [6.45, 7) is 1.82. The number of hydrogen-bond donors (Lipinski definition) is 2. The van der Waals surface area contributed by atoms with Crippen molar-refractivity contribution in [2.24, 2.45) is 16.5 Å². The van der Waals surface area contributed by atoms with E-state index in [9.17, 15) is 4.79 Å². The molecule has 6 nitrogen and oxygen atoms in total. The van der Waals surface area contributed by atoms with E-state index in [1.165, 1.54) is 0 Å². The highest BCUT2D eigenvalue weighted by atomic mass is 35.5. The molecule has 7 heteroatoms. The standard InChI is InChI=1S/C16H14ClN5O/c1-9-7-22(8-12(9)15(23)21-16(18)19)14-4-5-20-13-3-2-10(17)6-11(13)14/h2-8H,1H3,(H4,18,19,21,23). The van der Waals surface area contributed by atoms with Gasteiger partial charge in [0.05, 0.1) is 16.8 Å². The molecule has 116 valence electrons. The van der Waals surface area contributed by atoms with Crippen LogP contribution in [0.2, 0.25) is 5.02 Å². The van der Waals surface area contributed by atoms with Gasteiger partial charge in [0.1, 0.15) is 0 Å². The summed E-state index contributed by atoms with van der Waals surface area (Å²) in [6.07, 6.45) is 5.24. The lowest BCUT2D eigenvalue weighted by atomic mass is 10.2. The van der Waals surface area contributed by atoms with Crippen LogP contribution in [0, 0.1) is 6.92 Å². The fraction of sp³-hybridized carbons (Fsp3) is 0.0625. The van der Waals surface area contributed by atoms with Gasteiger partial charge in [0.15, 0.2) is 5.96 Å². The summed E-state index contributed by atoms with van der Waals surface area (Å²) in [5.74, 6) is -0.735. The van der Waals surface area contributed by atoms with Crippen molar-refractivity contribution >= 4 is 34.4 Å². The van der Waals surface area contributed by atoms with Gasteiger partial charge in [-0.25, -0.2) is 0 Å². The van der Waals surface area contributed by atoms with Crippen molar-refractivity contribution in [2.75, 3.05) is 0 Å². The van der Waals surface area contributed by atoms with E-state index in [0.717, 1.165) is 22.2 Å². The lowest BCUT2D eigenvalue weighted by Crippen LogP contribution is -2.24. The Balaban J connectivity index is 2.15. The Kier molecular flexibility index (Phi) is 3.75. The van der Waals surface area contributed by atoms with Crippen molar-refractivity contribution in [3.05, 3.63) is 59.0 Å². The minimum absolute atomic E-state index is 0.261. The molecular formula is C16H14ClN5O. The molecule has 0 atom stereocenters. The van der Waals surface area contributed by atoms with Crippen molar-refractivity contribution in [1.29, 1.82) is 0 Å². The van der Waals surface area contributed by atoms with Crippen molar-refractivity contribution in [3.8, 4) is 5.69 Å². The van der Waals surface area contributed by atoms with Crippen LogP contribution in [0.4, 0.5) is 0 Å². The summed E-state index contributed by atoms with van der Waals surface area (Å²) < 4.78 is 1.84. The first-order chi connectivity index (χ1) is 11.0. The molecule has 0 spiro atoms. The summed E-state index contributed by atoms with van der Waals surface area (Å²) in [5, 5.41) is 1.50. The van der Waals surface area contributed by atoms with Crippen LogP contribution in [0.25, 0.3) is 16.6 Å². The molecule has 0 aliphatic rings. The third kappa shape index (κ3) is 2.89. The van der Waals surface area contributed by atoms with Gasteiger partial charge in [-0.2, -0.15) is 4.99 Å². The average Bonchev–Trinajstić information content (AvgIpc) is 2.87. The second kappa shape index (κ2) is 5.73. The van der Waals surface area contributed by atoms with Crippen LogP contribution < -0.4 is 11.5 Å². The number of benzene rings is 1. The van der Waals surface area contributed by atoms with E-state index < -0.39 is 5.91 Å². The zero-order chi connectivity index (χ0) is 16.6. The molecule has 3 aromatic rings. The summed E-state index contributed by atoms with van der Waals surface area (Å²) in [7, 11) is 0. The van der Waals surface area contributed by atoms with Crippen LogP contribution in [0.15, 0.2) is 47.8 Å². The van der Waals surface area contributed by atoms with E-state index in [0.29, 0.717) is 10.6 Å². The molecule has 0 saturated heterocycles. The summed E-state index contributed by atoms with van der Waals surface area (Å²) in [6, 6.07) is 7.33. The third-order valence-electron chi connectivity index (χ3n) is 3.45. The largest absolute Gasteiger partial charge is 0.370 e. The first kappa shape index (κ1) is 15.1. The maximum atomic E-state index is 12.0. The molecule has 23 heavy (non-hydrogen) atoms. The molecule has 0 bridgehead atoms. The lowest BCUT2D eigenvalue weighted by Gasteiger charge is -2.07. The van der Waals surface area contributed by atoms with Crippen LogP contribution in [-0.2, 0) is 0 Å². The van der Waals surface area contributed by atoms with Gasteiger partial charge in [-0.05, 0) is 36.8 Å². The first-order valence-electron chi connectivity index (χ1n) is 6.83. The number of hydrogen-bond acceptors (Lipinski definition) is 2. The van der Waals surface area contributed by atoms with Crippen LogP contribution in [-0.4, -0.2) is 21.4 Å². The van der Waals surface area contributed by atoms with Crippen LogP contribution in [0.5, 0.6) is 0 Å². The van der Waals surface area contributed by atoms with E-state index in [1.54, 1.807) is 18.5 Å². The Morgan fingerprint density at radius 3 is 2.78 bits per heavy atom. The number of guanidine groups is 1. The lowest BCUT2D eigenvalue weighted by molar-refractivity contribution is 0.100. The summed E-state index contributed by atoms with van der Waals surface area (Å²) >= 11 is 6.09. The Labute approximate surface area is 137 Å². The zero-order valence-corrected chi connectivity index (χ0v) is 13.1. The maximum Gasteiger partial charge on any atom is 0.281 e. The second-order valence-electron chi connectivity index (χ2n) is 5.10. The topological polar surface area (TPSA) is 99.3 Å². The number of halogens is 1. The molecule has 0 saturated carbocycles. The number of carbonyl (C=O) groups is 1. The van der Waals surface area contributed by atoms with Crippen LogP contribution >= 0.6 is 11.6 Å². The second-order valence-corrected chi connectivity index (χ2v) is 5.53. The Morgan fingerprint density at radius 1 is 1.26 bits per heavy atom. The number of carbonyl (C=O) groups excluding carboxylic acids is 1. The van der Waals surface area contributed by atoms with Crippen molar-refractivity contribution in [1.82, 2.24) is 9.55 Å². The molecule has 3 rings (SSSR count). The van der Waals surface area contributed by atoms with E-state index in [4.69, 9.17) is 23.1 Å². The smallest absolute Gasteiger partial charge is 0.281 e. The molecule has 2 heterocycles. The van der Waals surface area contributed by atoms with Gasteiger partial charge in [-0.1, -0.05) is 11.6 Å². The van der Waals surface area contributed by atoms with Gasteiger partial charge in [-0.3, -0.25) is 9.78 Å². The predicted molar refractivity (Wildman–Crippen MR) is 91.0 cm³/mol. The van der Waals surface area contributed by atoms with Crippen molar-refractivity contribution in [2.45, 2.75) is 6.92 Å². The number of aryl methyl sites for hydroxylation is 1. The normalized spacial score (nSPS) is 10.7. The minimum atomic E-state index is -0.474. The number of amides is 1. The van der Waals surface area contributed by atoms with Crippen molar-refractivity contribution < 1.29 is 4.79 Å². The van der Waals surface area contributed by atoms with Crippen LogP contribution in [0.1, 0.15) is 15.9 Å². The van der Waals surface area contributed by atoms with Gasteiger partial charge in [-0.15, -0.1) is 0 Å². The first-order valence-corrected chi connectivity index (χ1v) is 7.20. The highest BCUT2D eigenvalue weighted by Gasteiger charge is 2.13. The maximum absolute atomic E-state index is 12.0. The molecule has 0 radical (unpaired) electrons. The van der Waals surface area contributed by atoms with Gasteiger partial charge in [0, 0.05) is 29.0 Å². The molecular weight excluding hydrogens is 314 g/mol. The highest BCUT2D eigenvalue weighted by Crippen LogP contribution is 2.25. The number of nitrogens with two attached hydrogens (primary N) is 2. The Bertz CT molecular complexity index is 941. The van der Waals surface area contributed by atoms with E-state index in [-0.39, 0.29) is 5.96 Å². The molecule has 1 aromatic carbocycles. The third-order valence-corrected chi connectivity index (χ3v) is 3.68. The quantitative estimate of drug-likeness (QED) is 0.557. The zero-order valence-electron chi connectivity index (χ0n) is 12.3. The summed E-state index contributed by atoms with van der Waals surface area (Å²) in [4.78, 5) is 19.9. The number of pyridine rings is 1. The molecule has 4 N–H and O–H groups in total. The number of aliphatic imine (C=N–C) groups is 1. The monoisotopic (exact) mass is 327 g/mol. The predicted octanol–water partition coefficient (Wildman–Crippen LogP) is 2.40. The van der Waals surface area contributed by atoms with Gasteiger partial charge < -0.3 is 16.0 Å². The number of rotatable bonds is 2. The number of nitrogens with zero attached hydrogens (tertiary/aromatic N) is 3. The fourth-order valence-electron chi connectivity index (χ4n) is 2.43. The van der Waals surface area contributed by atoms with Gasteiger partial charge >= 0.3 is 0 Å². The Hall–Kier alpha value is -2.86. The minimum Gasteiger partial charge on any atom is -0.370 e. The molecule has 2 aromatic heterocycles. The van der Waals surface area contributed by atoms with Crippen LogP contribution in [0.3, 0.4) is 0 Å². The highest BCUT2D eigenvalue weighted by molar-refractivity contribution is 6.31. The van der Waals surface area contributed by atoms with Gasteiger partial charge in [0.2, 0.25) is 0 Å². The SMILES string of the molecule is Cc1cn(-c2ccnc3ccc(Cl)cc23)cc1C(=O)N=C(N)N. The molecule has 0 unspecified atom stereocenters. The van der Waals surface area contributed by atoms with E-state index >= 15 is 0 Å². The molecule has 0 aliphatic carbocycles.